The third-order valence-electron chi connectivity index (χ3n) is 2.29. The summed E-state index contributed by atoms with van der Waals surface area (Å²) in [7, 11) is -8.19. The Balaban J connectivity index is -0.00000128. The molecule has 10 heteroatoms. The molecule has 0 atom stereocenters. The largest absolute Gasteiger partial charge is 1.00 e. The van der Waals surface area contributed by atoms with Crippen molar-refractivity contribution in [2.24, 2.45) is 0 Å². The Kier molecular flexibility index (Phi) is 20.8. The zero-order valence-electron chi connectivity index (χ0n) is 11.6. The predicted molar refractivity (Wildman–Crippen MR) is 61.4 cm³/mol. The molecule has 0 radical (unpaired) electrons. The first-order valence-electron chi connectivity index (χ1n) is 5.58. The van der Waals surface area contributed by atoms with Gasteiger partial charge in [0.25, 0.3) is 0 Å². The van der Waals surface area contributed by atoms with Crippen molar-refractivity contribution in [2.75, 3.05) is 11.5 Å². The summed E-state index contributed by atoms with van der Waals surface area (Å²) in [5, 5.41) is 0. The molecule has 0 spiro atoms. The summed E-state index contributed by atoms with van der Waals surface area (Å²) in [6.45, 7) is 0. The first kappa shape index (κ1) is 27.0. The van der Waals surface area contributed by atoms with Crippen LogP contribution in [0, 0.1) is 0 Å². The van der Waals surface area contributed by atoms with E-state index in [0.29, 0.717) is 25.7 Å². The molecule has 0 aliphatic rings. The average Bonchev–Trinajstić information content (AvgIpc) is 2.11. The van der Waals surface area contributed by atoms with Gasteiger partial charge in [-0.15, -0.1) is 0 Å². The van der Waals surface area contributed by atoms with E-state index in [1.807, 2.05) is 0 Å². The molecule has 0 heterocycles. The van der Waals surface area contributed by atoms with Crippen molar-refractivity contribution in [3.05, 3.63) is 0 Å². The maximum atomic E-state index is 10.3. The number of hydrogen-bond donors (Lipinski definition) is 0. The van der Waals surface area contributed by atoms with E-state index in [1.54, 1.807) is 0 Å². The molecule has 6 nitrogen and oxygen atoms in total. The van der Waals surface area contributed by atoms with Gasteiger partial charge in [0.1, 0.15) is 0 Å². The fraction of sp³-hybridized carbons (Fsp3) is 1.00. The zero-order chi connectivity index (χ0) is 13.4. The van der Waals surface area contributed by atoms with Gasteiger partial charge < -0.3 is 9.11 Å². The van der Waals surface area contributed by atoms with Gasteiger partial charge in [-0.25, -0.2) is 16.8 Å². The van der Waals surface area contributed by atoms with Crippen LogP contribution in [0.4, 0.5) is 0 Å². The van der Waals surface area contributed by atoms with Gasteiger partial charge in [0.05, 0.1) is 20.2 Å². The van der Waals surface area contributed by atoms with E-state index >= 15 is 0 Å². The molecule has 0 aromatic heterocycles. The van der Waals surface area contributed by atoms with Crippen molar-refractivity contribution < 1.29 is 129 Å². The van der Waals surface area contributed by atoms with Crippen LogP contribution < -0.4 is 103 Å². The maximum absolute atomic E-state index is 10.3. The third-order valence-corrected chi connectivity index (χ3v) is 3.87. The number of rotatable bonds is 10. The molecule has 0 N–H and O–H groups in total. The van der Waals surface area contributed by atoms with Gasteiger partial charge in [-0.1, -0.05) is 32.1 Å². The summed E-state index contributed by atoms with van der Waals surface area (Å²) in [5.74, 6) is -0.636. The molecule has 0 saturated carbocycles. The summed E-state index contributed by atoms with van der Waals surface area (Å²) in [5.41, 5.74) is 0. The van der Waals surface area contributed by atoms with Gasteiger partial charge in [0.2, 0.25) is 0 Å². The molecule has 0 unspecified atom stereocenters. The summed E-state index contributed by atoms with van der Waals surface area (Å²) >= 11 is 0. The normalized spacial score (nSPS) is 11.5. The molecule has 19 heavy (non-hydrogen) atoms. The summed E-state index contributed by atoms with van der Waals surface area (Å²) in [4.78, 5) is 0. The Bertz CT molecular complexity index is 355. The van der Waals surface area contributed by atoms with Crippen LogP contribution in [0.1, 0.15) is 44.9 Å². The molecule has 0 aromatic rings. The Labute approximate surface area is 201 Å². The van der Waals surface area contributed by atoms with Gasteiger partial charge >= 0.3 is 103 Å². The SMILES string of the molecule is O=S(=O)([O-])CCCCCCCCCS(=O)(=O)[O-].[K+].[K+]. The standard InChI is InChI=1S/C9H20O6S2.2K/c10-16(11,12)8-6-4-2-1-3-5-7-9-17(13,14)15;;/h1-9H2,(H,10,11,12)(H,13,14,15);;/q;2*+1/p-2. The van der Waals surface area contributed by atoms with Gasteiger partial charge in [0.15, 0.2) is 0 Å². The molecule has 0 amide bonds. The van der Waals surface area contributed by atoms with E-state index in [1.165, 1.54) is 0 Å². The molecule has 0 saturated heterocycles. The van der Waals surface area contributed by atoms with Crippen LogP contribution in [0.15, 0.2) is 0 Å². The van der Waals surface area contributed by atoms with Crippen molar-refractivity contribution in [1.29, 1.82) is 0 Å². The minimum absolute atomic E-state index is 0. The molecule has 104 valence electrons. The second-order valence-corrected chi connectivity index (χ2v) is 7.05. The van der Waals surface area contributed by atoms with Crippen LogP contribution in [0.2, 0.25) is 0 Å². The molecular weight excluding hydrogens is 346 g/mol. The van der Waals surface area contributed by atoms with Gasteiger partial charge in [0, 0.05) is 11.5 Å². The van der Waals surface area contributed by atoms with Crippen LogP contribution in [-0.4, -0.2) is 37.4 Å². The monoisotopic (exact) mass is 364 g/mol. The quantitative estimate of drug-likeness (QED) is 0.217. The van der Waals surface area contributed by atoms with Gasteiger partial charge in [-0.3, -0.25) is 0 Å². The summed E-state index contributed by atoms with van der Waals surface area (Å²) in [6, 6.07) is 0. The van der Waals surface area contributed by atoms with Crippen LogP contribution in [-0.2, 0) is 20.2 Å². The van der Waals surface area contributed by atoms with Gasteiger partial charge in [-0.05, 0) is 12.8 Å². The minimum atomic E-state index is -4.09. The van der Waals surface area contributed by atoms with E-state index in [4.69, 9.17) is 0 Å². The molecule has 0 rings (SSSR count). The number of unbranched alkanes of at least 4 members (excludes halogenated alkanes) is 6. The topological polar surface area (TPSA) is 114 Å². The fourth-order valence-electron chi connectivity index (χ4n) is 1.44. The Morgan fingerprint density at radius 1 is 0.526 bits per heavy atom. The van der Waals surface area contributed by atoms with Gasteiger partial charge in [-0.2, -0.15) is 0 Å². The second-order valence-electron chi connectivity index (χ2n) is 4.00. The minimum Gasteiger partial charge on any atom is -0.748 e. The molecule has 0 aromatic carbocycles. The average molecular weight is 365 g/mol. The van der Waals surface area contributed by atoms with Crippen LogP contribution in [0.25, 0.3) is 0 Å². The van der Waals surface area contributed by atoms with Crippen LogP contribution in [0.3, 0.4) is 0 Å². The van der Waals surface area contributed by atoms with E-state index < -0.39 is 20.2 Å². The van der Waals surface area contributed by atoms with Crippen molar-refractivity contribution in [3.63, 3.8) is 0 Å². The van der Waals surface area contributed by atoms with Crippen LogP contribution >= 0.6 is 0 Å². The maximum Gasteiger partial charge on any atom is 1.00 e. The Morgan fingerprint density at radius 2 is 0.737 bits per heavy atom. The molecule has 0 fully saturated rings. The fourth-order valence-corrected chi connectivity index (χ4v) is 2.56. The first-order chi connectivity index (χ1) is 7.71. The second kappa shape index (κ2) is 14.7. The Hall–Kier alpha value is 3.09. The predicted octanol–water partition coefficient (Wildman–Crippen LogP) is -5.18. The van der Waals surface area contributed by atoms with Crippen molar-refractivity contribution >= 4 is 20.2 Å². The first-order valence-corrected chi connectivity index (χ1v) is 8.73. The van der Waals surface area contributed by atoms with Crippen LogP contribution in [0.5, 0.6) is 0 Å². The molecule has 0 aliphatic heterocycles. The number of hydrogen-bond acceptors (Lipinski definition) is 6. The smallest absolute Gasteiger partial charge is 0.748 e. The van der Waals surface area contributed by atoms with Crippen molar-refractivity contribution in [3.8, 4) is 0 Å². The van der Waals surface area contributed by atoms with E-state index in [-0.39, 0.29) is 114 Å². The van der Waals surface area contributed by atoms with E-state index in [2.05, 4.69) is 0 Å². The summed E-state index contributed by atoms with van der Waals surface area (Å²) < 4.78 is 61.5. The van der Waals surface area contributed by atoms with E-state index in [0.717, 1.165) is 19.3 Å². The van der Waals surface area contributed by atoms with Crippen molar-refractivity contribution in [1.82, 2.24) is 0 Å². The Morgan fingerprint density at radius 3 is 0.947 bits per heavy atom. The molecular formula is C9H18K2O6S2. The molecule has 0 bridgehead atoms. The van der Waals surface area contributed by atoms with E-state index in [9.17, 15) is 25.9 Å². The summed E-state index contributed by atoms with van der Waals surface area (Å²) in [6.07, 6.45) is 4.61. The van der Waals surface area contributed by atoms with Crippen molar-refractivity contribution in [2.45, 2.75) is 44.9 Å². The zero-order valence-corrected chi connectivity index (χ0v) is 19.5. The molecule has 0 aliphatic carbocycles. The third kappa shape index (κ3) is 26.3.